The fourth-order valence-corrected chi connectivity index (χ4v) is 3.51. The molecule has 2 aliphatic heterocycles. The van der Waals surface area contributed by atoms with E-state index in [4.69, 9.17) is 19.2 Å². The van der Waals surface area contributed by atoms with E-state index >= 15 is 0 Å². The number of likely N-dealkylation sites (tertiary alicyclic amines) is 1. The SMILES string of the molecule is N#Cc1ccc(OC[C@@]23COC[C@H]2CN(C(=O)c2ccoc2)C3)nc1. The molecule has 0 aromatic carbocycles. The van der Waals surface area contributed by atoms with Crippen molar-refractivity contribution in [3.05, 3.63) is 48.0 Å². The summed E-state index contributed by atoms with van der Waals surface area (Å²) in [5, 5.41) is 8.82. The maximum absolute atomic E-state index is 12.6. The highest BCUT2D eigenvalue weighted by atomic mass is 16.5. The molecule has 7 heteroatoms. The molecule has 2 saturated heterocycles. The first kappa shape index (κ1) is 15.7. The number of nitriles is 1. The Balaban J connectivity index is 1.45. The molecule has 0 radical (unpaired) electrons. The van der Waals surface area contributed by atoms with Crippen LogP contribution in [0.2, 0.25) is 0 Å². The number of amides is 1. The Morgan fingerprint density at radius 3 is 3.12 bits per heavy atom. The zero-order valence-electron chi connectivity index (χ0n) is 13.6. The number of carbonyl (C=O) groups is 1. The van der Waals surface area contributed by atoms with Gasteiger partial charge >= 0.3 is 0 Å². The molecule has 2 aliphatic rings. The van der Waals surface area contributed by atoms with Gasteiger partial charge in [0.05, 0.1) is 42.6 Å². The minimum Gasteiger partial charge on any atom is -0.477 e. The minimum atomic E-state index is -0.227. The number of hydrogen-bond acceptors (Lipinski definition) is 6. The molecule has 128 valence electrons. The summed E-state index contributed by atoms with van der Waals surface area (Å²) in [6.45, 7) is 2.83. The van der Waals surface area contributed by atoms with Crippen molar-refractivity contribution >= 4 is 5.91 Å². The lowest BCUT2D eigenvalue weighted by Gasteiger charge is -2.26. The summed E-state index contributed by atoms with van der Waals surface area (Å²) in [6, 6.07) is 7.06. The van der Waals surface area contributed by atoms with Crippen molar-refractivity contribution in [2.75, 3.05) is 32.9 Å². The maximum atomic E-state index is 12.6. The molecule has 7 nitrogen and oxygen atoms in total. The average Bonchev–Trinajstić information content (AvgIpc) is 3.35. The Labute approximate surface area is 144 Å². The van der Waals surface area contributed by atoms with Gasteiger partial charge in [0.1, 0.15) is 12.3 Å². The lowest BCUT2D eigenvalue weighted by Crippen LogP contribution is -2.38. The van der Waals surface area contributed by atoms with Gasteiger partial charge in [-0.1, -0.05) is 0 Å². The summed E-state index contributed by atoms with van der Waals surface area (Å²) >= 11 is 0. The van der Waals surface area contributed by atoms with E-state index < -0.39 is 0 Å². The molecule has 0 aliphatic carbocycles. The topological polar surface area (TPSA) is 88.6 Å². The summed E-state index contributed by atoms with van der Waals surface area (Å²) < 4.78 is 16.5. The number of furan rings is 1. The first-order valence-electron chi connectivity index (χ1n) is 8.08. The van der Waals surface area contributed by atoms with Gasteiger partial charge in [-0.25, -0.2) is 4.98 Å². The Morgan fingerprint density at radius 1 is 1.48 bits per heavy atom. The number of nitrogens with zero attached hydrogens (tertiary/aromatic N) is 3. The number of aromatic nitrogens is 1. The predicted molar refractivity (Wildman–Crippen MR) is 85.8 cm³/mol. The smallest absolute Gasteiger partial charge is 0.257 e. The third kappa shape index (κ3) is 2.85. The van der Waals surface area contributed by atoms with E-state index in [0.717, 1.165) is 0 Å². The second kappa shape index (κ2) is 6.22. The van der Waals surface area contributed by atoms with Crippen molar-refractivity contribution in [1.82, 2.24) is 9.88 Å². The number of hydrogen-bond donors (Lipinski definition) is 0. The van der Waals surface area contributed by atoms with Crippen LogP contribution in [-0.2, 0) is 4.74 Å². The molecular weight excluding hydrogens is 322 g/mol. The fraction of sp³-hybridized carbons (Fsp3) is 0.389. The van der Waals surface area contributed by atoms with Gasteiger partial charge in [-0.2, -0.15) is 5.26 Å². The number of ether oxygens (including phenoxy) is 2. The van der Waals surface area contributed by atoms with Crippen LogP contribution in [0, 0.1) is 22.7 Å². The molecule has 4 rings (SSSR count). The average molecular weight is 339 g/mol. The van der Waals surface area contributed by atoms with Crippen molar-refractivity contribution in [3.8, 4) is 11.9 Å². The second-order valence-electron chi connectivity index (χ2n) is 6.56. The van der Waals surface area contributed by atoms with Gasteiger partial charge in [0.2, 0.25) is 5.88 Å². The zero-order valence-corrected chi connectivity index (χ0v) is 13.6. The summed E-state index contributed by atoms with van der Waals surface area (Å²) in [4.78, 5) is 18.5. The summed E-state index contributed by atoms with van der Waals surface area (Å²) in [6.07, 6.45) is 4.46. The first-order chi connectivity index (χ1) is 12.2. The number of fused-ring (bicyclic) bond motifs is 1. The van der Waals surface area contributed by atoms with E-state index in [1.165, 1.54) is 18.7 Å². The van der Waals surface area contributed by atoms with E-state index in [1.807, 2.05) is 11.0 Å². The van der Waals surface area contributed by atoms with Crippen molar-refractivity contribution < 1.29 is 18.7 Å². The highest BCUT2D eigenvalue weighted by Gasteiger charge is 2.52. The molecule has 2 aromatic rings. The van der Waals surface area contributed by atoms with E-state index in [-0.39, 0.29) is 17.2 Å². The molecule has 0 unspecified atom stereocenters. The van der Waals surface area contributed by atoms with Crippen LogP contribution in [0.3, 0.4) is 0 Å². The third-order valence-electron chi connectivity index (χ3n) is 4.95. The Kier molecular flexibility index (Phi) is 3.90. The molecule has 2 atom stereocenters. The number of pyridine rings is 1. The van der Waals surface area contributed by atoms with Crippen LogP contribution < -0.4 is 4.74 Å². The van der Waals surface area contributed by atoms with Crippen LogP contribution in [0.25, 0.3) is 0 Å². The van der Waals surface area contributed by atoms with Crippen LogP contribution in [0.1, 0.15) is 15.9 Å². The standard InChI is InChI=1S/C18H17N3O4/c19-5-13-1-2-16(20-6-13)25-12-18-10-21(7-15(18)9-24-11-18)17(22)14-3-4-23-8-14/h1-4,6,8,15H,7,9-12H2/t15-,18-/m1/s1. The number of carbonyl (C=O) groups excluding carboxylic acids is 1. The molecule has 4 heterocycles. The van der Waals surface area contributed by atoms with Crippen molar-refractivity contribution in [3.63, 3.8) is 0 Å². The predicted octanol–water partition coefficient (Wildman–Crippen LogP) is 1.71. The highest BCUT2D eigenvalue weighted by molar-refractivity contribution is 5.94. The van der Waals surface area contributed by atoms with Crippen LogP contribution in [0.4, 0.5) is 0 Å². The van der Waals surface area contributed by atoms with Crippen molar-refractivity contribution in [1.29, 1.82) is 5.26 Å². The quantitative estimate of drug-likeness (QED) is 0.842. The third-order valence-corrected chi connectivity index (χ3v) is 4.95. The Morgan fingerprint density at radius 2 is 2.40 bits per heavy atom. The second-order valence-corrected chi connectivity index (χ2v) is 6.56. The molecule has 2 fully saturated rings. The van der Waals surface area contributed by atoms with Crippen LogP contribution in [0.5, 0.6) is 5.88 Å². The van der Waals surface area contributed by atoms with E-state index in [9.17, 15) is 4.79 Å². The molecular formula is C18H17N3O4. The molecule has 2 aromatic heterocycles. The minimum absolute atomic E-state index is 0.0287. The van der Waals surface area contributed by atoms with Gasteiger partial charge in [-0.15, -0.1) is 0 Å². The van der Waals surface area contributed by atoms with E-state index in [1.54, 1.807) is 18.2 Å². The molecule has 0 bridgehead atoms. The summed E-state index contributed by atoms with van der Waals surface area (Å²) in [5.74, 6) is 0.680. The van der Waals surface area contributed by atoms with Gasteiger partial charge in [0.15, 0.2) is 0 Å². The Hall–Kier alpha value is -2.85. The maximum Gasteiger partial charge on any atom is 0.257 e. The molecule has 0 spiro atoms. The fourth-order valence-electron chi connectivity index (χ4n) is 3.51. The monoisotopic (exact) mass is 339 g/mol. The van der Waals surface area contributed by atoms with Gasteiger partial charge in [-0.3, -0.25) is 4.79 Å². The highest BCUT2D eigenvalue weighted by Crippen LogP contribution is 2.42. The first-order valence-corrected chi connectivity index (χ1v) is 8.08. The van der Waals surface area contributed by atoms with Crippen molar-refractivity contribution in [2.45, 2.75) is 0 Å². The lowest BCUT2D eigenvalue weighted by atomic mass is 9.82. The molecule has 1 amide bonds. The number of rotatable bonds is 4. The van der Waals surface area contributed by atoms with Gasteiger partial charge in [0.25, 0.3) is 5.91 Å². The van der Waals surface area contributed by atoms with Gasteiger partial charge in [0, 0.05) is 31.3 Å². The van der Waals surface area contributed by atoms with Gasteiger partial charge < -0.3 is 18.8 Å². The summed E-state index contributed by atoms with van der Waals surface area (Å²) in [5.41, 5.74) is 0.825. The lowest BCUT2D eigenvalue weighted by molar-refractivity contribution is 0.0655. The normalized spacial score (nSPS) is 24.8. The Bertz CT molecular complexity index is 797. The largest absolute Gasteiger partial charge is 0.477 e. The van der Waals surface area contributed by atoms with Crippen LogP contribution in [0.15, 0.2) is 41.3 Å². The van der Waals surface area contributed by atoms with Crippen LogP contribution in [-0.4, -0.2) is 48.7 Å². The van der Waals surface area contributed by atoms with Crippen LogP contribution >= 0.6 is 0 Å². The molecule has 25 heavy (non-hydrogen) atoms. The molecule has 0 saturated carbocycles. The van der Waals surface area contributed by atoms with E-state index in [0.29, 0.717) is 49.9 Å². The molecule has 0 N–H and O–H groups in total. The van der Waals surface area contributed by atoms with E-state index in [2.05, 4.69) is 4.98 Å². The van der Waals surface area contributed by atoms with Crippen molar-refractivity contribution in [2.24, 2.45) is 11.3 Å². The van der Waals surface area contributed by atoms with Gasteiger partial charge in [-0.05, 0) is 12.1 Å². The summed E-state index contributed by atoms with van der Waals surface area (Å²) in [7, 11) is 0. The zero-order chi connectivity index (χ0) is 17.3.